The fourth-order valence-electron chi connectivity index (χ4n) is 1.75. The molecule has 0 aliphatic carbocycles. The average molecular weight is 266 g/mol. The van der Waals surface area contributed by atoms with Crippen LogP contribution in [0.2, 0.25) is 0 Å². The summed E-state index contributed by atoms with van der Waals surface area (Å²) in [6.07, 6.45) is 4.79. The Bertz CT molecular complexity index is 669. The largest absolute Gasteiger partial charge is 0.276 e. The van der Waals surface area contributed by atoms with Crippen molar-refractivity contribution < 1.29 is 9.72 Å². The van der Waals surface area contributed by atoms with E-state index in [0.29, 0.717) is 16.8 Å². The maximum absolute atomic E-state index is 10.9. The van der Waals surface area contributed by atoms with Gasteiger partial charge in [0.05, 0.1) is 16.2 Å². The third-order valence-electron chi connectivity index (χ3n) is 2.68. The van der Waals surface area contributed by atoms with Crippen LogP contribution in [0.25, 0.3) is 12.2 Å². The highest BCUT2D eigenvalue weighted by atomic mass is 16.6. The highest BCUT2D eigenvalue weighted by molar-refractivity contribution is 5.78. The summed E-state index contributed by atoms with van der Waals surface area (Å²) in [5.41, 5.74) is 1.67. The number of aliphatic imine (C=N–C) groups is 1. The quantitative estimate of drug-likeness (QED) is 0.278. The van der Waals surface area contributed by atoms with Crippen molar-refractivity contribution in [2.75, 3.05) is 0 Å². The second-order valence-corrected chi connectivity index (χ2v) is 3.91. The van der Waals surface area contributed by atoms with Gasteiger partial charge in [0.25, 0.3) is 5.69 Å². The number of carbonyl (C=O) groups excluding carboxylic acids is 1. The summed E-state index contributed by atoms with van der Waals surface area (Å²) in [5.74, 6) is 0. The molecular formula is C15H10N2O3. The van der Waals surface area contributed by atoms with E-state index < -0.39 is 4.92 Å². The van der Waals surface area contributed by atoms with Crippen LogP contribution in [-0.2, 0) is 4.79 Å². The minimum atomic E-state index is -0.435. The first-order valence-corrected chi connectivity index (χ1v) is 5.81. The Hall–Kier alpha value is -3.04. The van der Waals surface area contributed by atoms with E-state index in [9.17, 15) is 14.9 Å². The first-order valence-electron chi connectivity index (χ1n) is 5.81. The van der Waals surface area contributed by atoms with E-state index in [1.54, 1.807) is 54.6 Å². The van der Waals surface area contributed by atoms with Crippen LogP contribution in [-0.4, -0.2) is 11.0 Å². The van der Waals surface area contributed by atoms with Crippen molar-refractivity contribution in [1.82, 2.24) is 0 Å². The van der Waals surface area contributed by atoms with Gasteiger partial charge in [-0.15, -0.1) is 0 Å². The van der Waals surface area contributed by atoms with Crippen LogP contribution >= 0.6 is 0 Å². The van der Waals surface area contributed by atoms with E-state index in [0.717, 1.165) is 0 Å². The second-order valence-electron chi connectivity index (χ2n) is 3.91. The van der Waals surface area contributed by atoms with E-state index >= 15 is 0 Å². The number of rotatable bonds is 4. The molecule has 0 N–H and O–H groups in total. The number of nitro benzene ring substituents is 1. The van der Waals surface area contributed by atoms with Gasteiger partial charge < -0.3 is 0 Å². The number of hydrogen-bond donors (Lipinski definition) is 0. The first kappa shape index (κ1) is 13.4. The summed E-state index contributed by atoms with van der Waals surface area (Å²) in [5, 5.41) is 10.9. The third kappa shape index (κ3) is 3.04. The van der Waals surface area contributed by atoms with Gasteiger partial charge in [0, 0.05) is 11.6 Å². The molecule has 98 valence electrons. The lowest BCUT2D eigenvalue weighted by molar-refractivity contribution is -0.385. The van der Waals surface area contributed by atoms with E-state index in [1.165, 1.54) is 12.1 Å². The zero-order valence-corrected chi connectivity index (χ0v) is 10.4. The molecule has 2 rings (SSSR count). The molecule has 0 fully saturated rings. The van der Waals surface area contributed by atoms with Gasteiger partial charge in [-0.25, -0.2) is 4.79 Å². The molecule has 0 saturated carbocycles. The standard InChI is InChI=1S/C15H10N2O3/c18-11-16-14-7-3-1-5-12(14)9-10-13-6-2-4-8-15(13)17(19)20/h1-10H/b10-9+. The molecule has 2 aromatic carbocycles. The van der Waals surface area contributed by atoms with Gasteiger partial charge in [-0.05, 0) is 18.2 Å². The first-order chi connectivity index (χ1) is 9.72. The number of nitrogens with zero attached hydrogens (tertiary/aromatic N) is 2. The number of hydrogen-bond acceptors (Lipinski definition) is 4. The predicted molar refractivity (Wildman–Crippen MR) is 76.2 cm³/mol. The Morgan fingerprint density at radius 3 is 2.30 bits per heavy atom. The van der Waals surface area contributed by atoms with Gasteiger partial charge in [0.15, 0.2) is 0 Å². The molecule has 0 aliphatic heterocycles. The molecule has 0 amide bonds. The molecule has 2 aromatic rings. The minimum Gasteiger partial charge on any atom is -0.258 e. The predicted octanol–water partition coefficient (Wildman–Crippen LogP) is 3.73. The summed E-state index contributed by atoms with van der Waals surface area (Å²) in [7, 11) is 0. The SMILES string of the molecule is O=C=Nc1ccccc1/C=C/c1ccccc1[N+](=O)[O-]. The smallest absolute Gasteiger partial charge is 0.258 e. The molecule has 0 aromatic heterocycles. The third-order valence-corrected chi connectivity index (χ3v) is 2.68. The Balaban J connectivity index is 2.40. The minimum absolute atomic E-state index is 0.0279. The summed E-state index contributed by atoms with van der Waals surface area (Å²) in [6.45, 7) is 0. The lowest BCUT2D eigenvalue weighted by Gasteiger charge is -1.99. The van der Waals surface area contributed by atoms with Gasteiger partial charge in [-0.2, -0.15) is 4.99 Å². The maximum Gasteiger partial charge on any atom is 0.276 e. The van der Waals surface area contributed by atoms with Crippen molar-refractivity contribution in [2.24, 2.45) is 4.99 Å². The van der Waals surface area contributed by atoms with Crippen LogP contribution in [0.4, 0.5) is 11.4 Å². The van der Waals surface area contributed by atoms with Crippen molar-refractivity contribution in [3.8, 4) is 0 Å². The molecule has 20 heavy (non-hydrogen) atoms. The molecule has 0 radical (unpaired) electrons. The topological polar surface area (TPSA) is 72.6 Å². The molecule has 5 heteroatoms. The van der Waals surface area contributed by atoms with Gasteiger partial charge in [0.1, 0.15) is 0 Å². The van der Waals surface area contributed by atoms with Gasteiger partial charge >= 0.3 is 0 Å². The Kier molecular flexibility index (Phi) is 4.17. The fourth-order valence-corrected chi connectivity index (χ4v) is 1.75. The summed E-state index contributed by atoms with van der Waals surface area (Å²) >= 11 is 0. The molecule has 0 aliphatic rings. The number of isocyanates is 1. The van der Waals surface area contributed by atoms with Crippen LogP contribution in [0.15, 0.2) is 53.5 Å². The van der Waals surface area contributed by atoms with Crippen LogP contribution in [0.3, 0.4) is 0 Å². The zero-order valence-electron chi connectivity index (χ0n) is 10.4. The number of nitro groups is 1. The highest BCUT2D eigenvalue weighted by Gasteiger charge is 2.09. The van der Waals surface area contributed by atoms with Gasteiger partial charge in [-0.1, -0.05) is 36.4 Å². The normalized spacial score (nSPS) is 10.2. The maximum atomic E-state index is 10.9. The molecular weight excluding hydrogens is 256 g/mol. The van der Waals surface area contributed by atoms with Crippen LogP contribution in [0, 0.1) is 10.1 Å². The van der Waals surface area contributed by atoms with Crippen LogP contribution < -0.4 is 0 Å². The van der Waals surface area contributed by atoms with Crippen molar-refractivity contribution in [1.29, 1.82) is 0 Å². The summed E-state index contributed by atoms with van der Waals surface area (Å²) in [4.78, 5) is 24.4. The Labute approximate surface area is 115 Å². The lowest BCUT2D eigenvalue weighted by atomic mass is 10.1. The van der Waals surface area contributed by atoms with E-state index in [2.05, 4.69) is 4.99 Å². The highest BCUT2D eigenvalue weighted by Crippen LogP contribution is 2.23. The lowest BCUT2D eigenvalue weighted by Crippen LogP contribution is -1.90. The molecule has 0 spiro atoms. The number of benzene rings is 2. The van der Waals surface area contributed by atoms with Crippen LogP contribution in [0.1, 0.15) is 11.1 Å². The monoisotopic (exact) mass is 266 g/mol. The van der Waals surface area contributed by atoms with Gasteiger partial charge in [-0.3, -0.25) is 10.1 Å². The second kappa shape index (κ2) is 6.22. The molecule has 0 bridgehead atoms. The van der Waals surface area contributed by atoms with E-state index in [1.807, 2.05) is 0 Å². The molecule has 5 nitrogen and oxygen atoms in total. The number of para-hydroxylation sites is 2. The zero-order chi connectivity index (χ0) is 14.4. The van der Waals surface area contributed by atoms with Gasteiger partial charge in [0.2, 0.25) is 6.08 Å². The van der Waals surface area contributed by atoms with Crippen molar-refractivity contribution in [3.05, 3.63) is 69.8 Å². The van der Waals surface area contributed by atoms with Crippen LogP contribution in [0.5, 0.6) is 0 Å². The molecule has 0 unspecified atom stereocenters. The summed E-state index contributed by atoms with van der Waals surface area (Å²) < 4.78 is 0. The van der Waals surface area contributed by atoms with E-state index in [4.69, 9.17) is 0 Å². The van der Waals surface area contributed by atoms with Crippen molar-refractivity contribution in [3.63, 3.8) is 0 Å². The summed E-state index contributed by atoms with van der Waals surface area (Å²) in [6, 6.07) is 13.4. The molecule has 0 atom stereocenters. The Morgan fingerprint density at radius 1 is 1.00 bits per heavy atom. The Morgan fingerprint density at radius 2 is 1.60 bits per heavy atom. The molecule has 0 saturated heterocycles. The molecule has 0 heterocycles. The average Bonchev–Trinajstić information content (AvgIpc) is 2.47. The van der Waals surface area contributed by atoms with Crippen molar-refractivity contribution >= 4 is 29.6 Å². The fraction of sp³-hybridized carbons (Fsp3) is 0. The van der Waals surface area contributed by atoms with Crippen molar-refractivity contribution in [2.45, 2.75) is 0 Å². The van der Waals surface area contributed by atoms with E-state index in [-0.39, 0.29) is 5.69 Å².